The third-order valence-corrected chi connectivity index (χ3v) is 6.49. The van der Waals surface area contributed by atoms with Crippen LogP contribution < -0.4 is 4.74 Å². The highest BCUT2D eigenvalue weighted by Gasteiger charge is 2.37. The average Bonchev–Trinajstić information content (AvgIpc) is 3.40. The molecule has 0 N–H and O–H groups in total. The summed E-state index contributed by atoms with van der Waals surface area (Å²) < 4.78 is 64.2. The number of hydrogen-bond donors (Lipinski definition) is 0. The van der Waals surface area contributed by atoms with Crippen molar-refractivity contribution in [3.63, 3.8) is 0 Å². The minimum Gasteiger partial charge on any atom is -0.496 e. The van der Waals surface area contributed by atoms with Crippen LogP contribution in [0.25, 0.3) is 0 Å². The van der Waals surface area contributed by atoms with Gasteiger partial charge in [0, 0.05) is 36.8 Å². The number of rotatable bonds is 9. The Labute approximate surface area is 228 Å². The summed E-state index contributed by atoms with van der Waals surface area (Å²) in [6.07, 6.45) is -4.36. The molecule has 0 saturated heterocycles. The van der Waals surface area contributed by atoms with Gasteiger partial charge in [0.1, 0.15) is 18.1 Å². The molecule has 0 radical (unpaired) electrons. The van der Waals surface area contributed by atoms with Gasteiger partial charge in [0.2, 0.25) is 0 Å². The maximum Gasteiger partial charge on any atom is 0.416 e. The van der Waals surface area contributed by atoms with E-state index in [4.69, 9.17) is 9.47 Å². The first-order chi connectivity index (χ1) is 19.1. The number of para-hydroxylation sites is 1. The molecule has 0 saturated carbocycles. The Morgan fingerprint density at radius 2 is 1.68 bits per heavy atom. The highest BCUT2D eigenvalue weighted by Crippen LogP contribution is 2.38. The number of benzene rings is 3. The van der Waals surface area contributed by atoms with E-state index in [0.29, 0.717) is 17.0 Å². The Bertz CT molecular complexity index is 1390. The molecule has 2 amide bonds. The highest BCUT2D eigenvalue weighted by atomic mass is 19.4. The summed E-state index contributed by atoms with van der Waals surface area (Å²) >= 11 is 0. The van der Waals surface area contributed by atoms with Gasteiger partial charge >= 0.3 is 6.18 Å². The molecule has 4 rings (SSSR count). The Kier molecular flexibility index (Phi) is 8.83. The van der Waals surface area contributed by atoms with Gasteiger partial charge in [-0.2, -0.15) is 18.3 Å². The molecule has 40 heavy (non-hydrogen) atoms. The molecule has 0 spiro atoms. The van der Waals surface area contributed by atoms with Gasteiger partial charge < -0.3 is 14.4 Å². The molecule has 1 heterocycles. The number of carbonyl (C=O) groups excluding carboxylic acids is 2. The predicted molar refractivity (Wildman–Crippen MR) is 139 cm³/mol. The Hall–Kier alpha value is -4.25. The SMILES string of the molecule is COCCN(CC(=O)N1N=C(c2ccccc2F)C[C@@H]1c1ccccc1OC)C(=O)c1ccc(C(F)(F)F)cc1. The van der Waals surface area contributed by atoms with Crippen LogP contribution in [0.4, 0.5) is 17.6 Å². The van der Waals surface area contributed by atoms with Gasteiger partial charge in [-0.05, 0) is 36.4 Å². The van der Waals surface area contributed by atoms with Crippen molar-refractivity contribution >= 4 is 17.5 Å². The zero-order valence-corrected chi connectivity index (χ0v) is 21.8. The summed E-state index contributed by atoms with van der Waals surface area (Å²) in [5.41, 5.74) is 0.325. The number of amides is 2. The largest absolute Gasteiger partial charge is 0.496 e. The summed E-state index contributed by atoms with van der Waals surface area (Å²) in [4.78, 5) is 28.1. The molecule has 0 fully saturated rings. The Balaban J connectivity index is 1.65. The van der Waals surface area contributed by atoms with E-state index in [9.17, 15) is 27.2 Å². The number of hydrogen-bond acceptors (Lipinski definition) is 5. The lowest BCUT2D eigenvalue weighted by atomic mass is 9.97. The van der Waals surface area contributed by atoms with Gasteiger partial charge in [0.25, 0.3) is 11.8 Å². The van der Waals surface area contributed by atoms with Crippen molar-refractivity contribution in [2.45, 2.75) is 18.6 Å². The minimum absolute atomic E-state index is 0.000848. The number of nitrogens with zero attached hydrogens (tertiary/aromatic N) is 3. The van der Waals surface area contributed by atoms with Gasteiger partial charge in [-0.1, -0.05) is 36.4 Å². The van der Waals surface area contributed by atoms with Gasteiger partial charge in [-0.15, -0.1) is 0 Å². The van der Waals surface area contributed by atoms with Crippen molar-refractivity contribution in [3.8, 4) is 5.75 Å². The second-order valence-electron chi connectivity index (χ2n) is 9.02. The van der Waals surface area contributed by atoms with Crippen molar-refractivity contribution in [2.75, 3.05) is 33.9 Å². The molecule has 0 bridgehead atoms. The van der Waals surface area contributed by atoms with E-state index in [-0.39, 0.29) is 30.7 Å². The fourth-order valence-corrected chi connectivity index (χ4v) is 4.46. The molecule has 11 heteroatoms. The molecule has 1 aliphatic rings. The molecule has 1 aliphatic heterocycles. The first-order valence-corrected chi connectivity index (χ1v) is 12.4. The highest BCUT2D eigenvalue weighted by molar-refractivity contribution is 6.04. The van der Waals surface area contributed by atoms with E-state index in [1.54, 1.807) is 42.5 Å². The minimum atomic E-state index is -4.55. The van der Waals surface area contributed by atoms with Gasteiger partial charge in [0.05, 0.1) is 31.0 Å². The summed E-state index contributed by atoms with van der Waals surface area (Å²) in [5, 5.41) is 5.67. The normalized spacial score (nSPS) is 15.1. The van der Waals surface area contributed by atoms with Crippen LogP contribution in [0.2, 0.25) is 0 Å². The van der Waals surface area contributed by atoms with E-state index < -0.39 is 42.0 Å². The maximum absolute atomic E-state index is 14.6. The van der Waals surface area contributed by atoms with E-state index >= 15 is 0 Å². The average molecular weight is 558 g/mol. The Morgan fingerprint density at radius 1 is 1.00 bits per heavy atom. The molecular weight excluding hydrogens is 530 g/mol. The number of carbonyl (C=O) groups is 2. The van der Waals surface area contributed by atoms with E-state index in [0.717, 1.165) is 24.3 Å². The fraction of sp³-hybridized carbons (Fsp3) is 0.276. The summed E-state index contributed by atoms with van der Waals surface area (Å²) in [5.74, 6) is -1.20. The van der Waals surface area contributed by atoms with Crippen LogP contribution in [0, 0.1) is 5.82 Å². The second kappa shape index (κ2) is 12.3. The standard InChI is InChI=1S/C29H27F4N3O4/c1-39-16-15-35(28(38)19-11-13-20(14-12-19)29(31,32)33)18-27(37)36-25(22-8-4-6-10-26(22)40-2)17-24(34-36)21-7-3-5-9-23(21)30/h3-14,25H,15-18H2,1-2H3/t25-/m1/s1. The zero-order chi connectivity index (χ0) is 28.9. The van der Waals surface area contributed by atoms with E-state index in [1.165, 1.54) is 30.2 Å². The first kappa shape index (κ1) is 28.8. The van der Waals surface area contributed by atoms with Gasteiger partial charge in [0.15, 0.2) is 0 Å². The monoisotopic (exact) mass is 557 g/mol. The molecule has 0 aliphatic carbocycles. The van der Waals surface area contributed by atoms with E-state index in [2.05, 4.69) is 5.10 Å². The fourth-order valence-electron chi connectivity index (χ4n) is 4.46. The third kappa shape index (κ3) is 6.31. The Morgan fingerprint density at radius 3 is 2.33 bits per heavy atom. The number of alkyl halides is 3. The number of ether oxygens (including phenoxy) is 2. The molecule has 210 valence electrons. The van der Waals surface area contributed by atoms with Crippen LogP contribution in [-0.2, 0) is 15.7 Å². The van der Waals surface area contributed by atoms with Crippen LogP contribution >= 0.6 is 0 Å². The number of halogens is 4. The van der Waals surface area contributed by atoms with Crippen LogP contribution in [0.15, 0.2) is 77.9 Å². The van der Waals surface area contributed by atoms with Gasteiger partial charge in [-0.25, -0.2) is 9.40 Å². The lowest BCUT2D eigenvalue weighted by molar-refractivity contribution is -0.137. The van der Waals surface area contributed by atoms with Crippen molar-refractivity contribution < 1.29 is 36.6 Å². The van der Waals surface area contributed by atoms with Crippen molar-refractivity contribution in [1.29, 1.82) is 0 Å². The second-order valence-corrected chi connectivity index (χ2v) is 9.02. The van der Waals surface area contributed by atoms with Crippen LogP contribution in [-0.4, -0.2) is 61.4 Å². The predicted octanol–water partition coefficient (Wildman–Crippen LogP) is 5.32. The maximum atomic E-state index is 14.6. The molecular formula is C29H27F4N3O4. The summed E-state index contributed by atoms with van der Waals surface area (Å²) in [6, 6.07) is 16.3. The zero-order valence-electron chi connectivity index (χ0n) is 21.8. The molecule has 3 aromatic carbocycles. The number of methoxy groups -OCH3 is 2. The van der Waals surface area contributed by atoms with Crippen molar-refractivity contribution in [1.82, 2.24) is 9.91 Å². The van der Waals surface area contributed by atoms with Crippen LogP contribution in [0.1, 0.15) is 39.5 Å². The lowest BCUT2D eigenvalue weighted by Gasteiger charge is -2.27. The smallest absolute Gasteiger partial charge is 0.416 e. The molecule has 3 aromatic rings. The molecule has 0 aromatic heterocycles. The first-order valence-electron chi connectivity index (χ1n) is 12.4. The van der Waals surface area contributed by atoms with Gasteiger partial charge in [-0.3, -0.25) is 9.59 Å². The quantitative estimate of drug-likeness (QED) is 0.334. The molecule has 7 nitrogen and oxygen atoms in total. The van der Waals surface area contributed by atoms with Crippen LogP contribution in [0.5, 0.6) is 5.75 Å². The third-order valence-electron chi connectivity index (χ3n) is 6.49. The summed E-state index contributed by atoms with van der Waals surface area (Å²) in [6.45, 7) is -0.360. The van der Waals surface area contributed by atoms with Crippen LogP contribution in [0.3, 0.4) is 0 Å². The topological polar surface area (TPSA) is 71.4 Å². The molecule has 0 unspecified atom stereocenters. The van der Waals surface area contributed by atoms with Crippen molar-refractivity contribution in [2.24, 2.45) is 5.10 Å². The number of hydrazone groups is 1. The van der Waals surface area contributed by atoms with Crippen molar-refractivity contribution in [3.05, 3.63) is 101 Å². The lowest BCUT2D eigenvalue weighted by Crippen LogP contribution is -2.42. The van der Waals surface area contributed by atoms with E-state index in [1.807, 2.05) is 0 Å². The summed E-state index contributed by atoms with van der Waals surface area (Å²) in [7, 11) is 2.92. The molecule has 1 atom stereocenters.